The zero-order chi connectivity index (χ0) is 13.1. The molecule has 1 aliphatic heterocycles. The minimum Gasteiger partial charge on any atom is -0.496 e. The van der Waals surface area contributed by atoms with Crippen LogP contribution < -0.4 is 15.0 Å². The third kappa shape index (κ3) is 2.54. The molecule has 19 heavy (non-hydrogen) atoms. The molecule has 0 bridgehead atoms. The summed E-state index contributed by atoms with van der Waals surface area (Å²) in [5.41, 5.74) is 1.00. The molecule has 3 rings (SSSR count). The molecule has 0 spiro atoms. The number of ether oxygens (including phenoxy) is 1. The first-order valence-corrected chi connectivity index (χ1v) is 7.08. The van der Waals surface area contributed by atoms with Crippen molar-refractivity contribution in [3.05, 3.63) is 24.3 Å². The van der Waals surface area contributed by atoms with Crippen molar-refractivity contribution in [2.75, 3.05) is 38.2 Å². The second-order valence-electron chi connectivity index (χ2n) is 4.34. The third-order valence-electron chi connectivity index (χ3n) is 3.15. The molecule has 1 fully saturated rings. The molecule has 0 saturated carbocycles. The van der Waals surface area contributed by atoms with Crippen molar-refractivity contribution in [2.24, 2.45) is 0 Å². The summed E-state index contributed by atoms with van der Waals surface area (Å²) in [5, 5.41) is 4.24. The molecule has 0 aliphatic carbocycles. The van der Waals surface area contributed by atoms with Crippen molar-refractivity contribution >= 4 is 17.5 Å². The van der Waals surface area contributed by atoms with Gasteiger partial charge < -0.3 is 15.0 Å². The third-order valence-corrected chi connectivity index (χ3v) is 3.89. The van der Waals surface area contributed by atoms with Crippen LogP contribution in [0.15, 0.2) is 24.3 Å². The lowest BCUT2D eigenvalue weighted by Crippen LogP contribution is -2.44. The molecule has 1 N–H and O–H groups in total. The molecule has 2 heterocycles. The van der Waals surface area contributed by atoms with Gasteiger partial charge in [0.2, 0.25) is 5.95 Å². The number of nitrogens with one attached hydrogen (secondary N) is 1. The van der Waals surface area contributed by atoms with Gasteiger partial charge >= 0.3 is 0 Å². The Morgan fingerprint density at radius 3 is 2.84 bits per heavy atom. The monoisotopic (exact) mass is 276 g/mol. The summed E-state index contributed by atoms with van der Waals surface area (Å²) in [6.07, 6.45) is 0. The van der Waals surface area contributed by atoms with Gasteiger partial charge in [-0.3, -0.25) is 0 Å². The van der Waals surface area contributed by atoms with Crippen LogP contribution in [0.2, 0.25) is 0 Å². The number of para-hydroxylation sites is 1. The molecule has 2 aromatic rings. The van der Waals surface area contributed by atoms with Crippen LogP contribution in [0.4, 0.5) is 5.95 Å². The van der Waals surface area contributed by atoms with Crippen molar-refractivity contribution < 1.29 is 4.74 Å². The highest BCUT2D eigenvalue weighted by Gasteiger charge is 2.17. The lowest BCUT2D eigenvalue weighted by atomic mass is 10.2. The van der Waals surface area contributed by atoms with Crippen LogP contribution in [0.5, 0.6) is 5.75 Å². The topological polar surface area (TPSA) is 50.3 Å². The van der Waals surface area contributed by atoms with Crippen LogP contribution in [-0.2, 0) is 0 Å². The summed E-state index contributed by atoms with van der Waals surface area (Å²) in [7, 11) is 1.68. The van der Waals surface area contributed by atoms with Crippen LogP contribution in [0.25, 0.3) is 10.6 Å². The molecule has 0 atom stereocenters. The Kier molecular flexibility index (Phi) is 3.61. The number of hydrogen-bond acceptors (Lipinski definition) is 6. The van der Waals surface area contributed by atoms with E-state index >= 15 is 0 Å². The van der Waals surface area contributed by atoms with E-state index in [9.17, 15) is 0 Å². The van der Waals surface area contributed by atoms with E-state index in [-0.39, 0.29) is 0 Å². The Hall–Kier alpha value is -1.66. The van der Waals surface area contributed by atoms with Gasteiger partial charge in [-0.15, -0.1) is 0 Å². The minimum absolute atomic E-state index is 0.826. The summed E-state index contributed by atoms with van der Waals surface area (Å²) < 4.78 is 9.83. The highest BCUT2D eigenvalue weighted by atomic mass is 32.1. The average molecular weight is 276 g/mol. The standard InChI is InChI=1S/C13H16N4OS/c1-18-11-5-3-2-4-10(11)12-15-13(16-19-12)17-8-6-14-7-9-17/h2-5,14H,6-9H2,1H3. The second-order valence-corrected chi connectivity index (χ2v) is 5.09. The number of aromatic nitrogens is 2. The number of nitrogens with zero attached hydrogens (tertiary/aromatic N) is 3. The molecule has 0 unspecified atom stereocenters. The second kappa shape index (κ2) is 5.54. The number of hydrogen-bond donors (Lipinski definition) is 1. The average Bonchev–Trinajstić information content (AvgIpc) is 2.98. The molecule has 1 saturated heterocycles. The molecular weight excluding hydrogens is 260 g/mol. The molecule has 1 aliphatic rings. The Balaban J connectivity index is 1.88. The van der Waals surface area contributed by atoms with Crippen molar-refractivity contribution in [1.82, 2.24) is 14.7 Å². The van der Waals surface area contributed by atoms with Crippen LogP contribution in [0.1, 0.15) is 0 Å². The van der Waals surface area contributed by atoms with Crippen LogP contribution >= 0.6 is 11.5 Å². The van der Waals surface area contributed by atoms with Crippen LogP contribution in [-0.4, -0.2) is 42.6 Å². The minimum atomic E-state index is 0.826. The zero-order valence-corrected chi connectivity index (χ0v) is 11.6. The highest BCUT2D eigenvalue weighted by Crippen LogP contribution is 2.32. The maximum Gasteiger partial charge on any atom is 0.237 e. The van der Waals surface area contributed by atoms with Crippen LogP contribution in [0, 0.1) is 0 Å². The van der Waals surface area contributed by atoms with E-state index in [1.54, 1.807) is 7.11 Å². The van der Waals surface area contributed by atoms with Gasteiger partial charge in [0, 0.05) is 26.2 Å². The number of methoxy groups -OCH3 is 1. The quantitative estimate of drug-likeness (QED) is 0.923. The van der Waals surface area contributed by atoms with Crippen molar-refractivity contribution in [2.45, 2.75) is 0 Å². The van der Waals surface area contributed by atoms with Gasteiger partial charge in [0.05, 0.1) is 12.7 Å². The summed E-state index contributed by atoms with van der Waals surface area (Å²) >= 11 is 1.42. The maximum absolute atomic E-state index is 5.37. The highest BCUT2D eigenvalue weighted by molar-refractivity contribution is 7.09. The predicted molar refractivity (Wildman–Crippen MR) is 77.0 cm³/mol. The van der Waals surface area contributed by atoms with Gasteiger partial charge in [-0.1, -0.05) is 12.1 Å². The Morgan fingerprint density at radius 1 is 1.26 bits per heavy atom. The van der Waals surface area contributed by atoms with Crippen LogP contribution in [0.3, 0.4) is 0 Å². The molecule has 6 heteroatoms. The molecule has 5 nitrogen and oxygen atoms in total. The fourth-order valence-corrected chi connectivity index (χ4v) is 2.85. The maximum atomic E-state index is 5.37. The molecular formula is C13H16N4OS. The smallest absolute Gasteiger partial charge is 0.237 e. The summed E-state index contributed by atoms with van der Waals surface area (Å²) in [4.78, 5) is 6.85. The molecule has 0 amide bonds. The van der Waals surface area contributed by atoms with Crippen molar-refractivity contribution in [3.63, 3.8) is 0 Å². The summed E-state index contributed by atoms with van der Waals surface area (Å²) in [6.45, 7) is 3.90. The molecule has 1 aromatic heterocycles. The van der Waals surface area contributed by atoms with Gasteiger partial charge in [-0.25, -0.2) is 0 Å². The largest absolute Gasteiger partial charge is 0.496 e. The number of anilines is 1. The summed E-state index contributed by atoms with van der Waals surface area (Å²) in [6, 6.07) is 7.91. The number of benzene rings is 1. The van der Waals surface area contributed by atoms with Gasteiger partial charge in [-0.2, -0.15) is 9.36 Å². The lowest BCUT2D eigenvalue weighted by Gasteiger charge is -2.25. The Labute approximate surface area is 116 Å². The van der Waals surface area contributed by atoms with E-state index < -0.39 is 0 Å². The van der Waals surface area contributed by atoms with Gasteiger partial charge in [0.25, 0.3) is 0 Å². The van der Waals surface area contributed by atoms with Crippen molar-refractivity contribution in [3.8, 4) is 16.3 Å². The fraction of sp³-hybridized carbons (Fsp3) is 0.385. The van der Waals surface area contributed by atoms with Gasteiger partial charge in [0.1, 0.15) is 10.8 Å². The van der Waals surface area contributed by atoms with E-state index in [2.05, 4.69) is 19.6 Å². The van der Waals surface area contributed by atoms with Gasteiger partial charge in [0.15, 0.2) is 0 Å². The molecule has 1 aromatic carbocycles. The first-order chi connectivity index (χ1) is 9.38. The summed E-state index contributed by atoms with van der Waals surface area (Å²) in [5.74, 6) is 1.66. The Morgan fingerprint density at radius 2 is 2.05 bits per heavy atom. The van der Waals surface area contributed by atoms with Gasteiger partial charge in [-0.05, 0) is 23.7 Å². The zero-order valence-electron chi connectivity index (χ0n) is 10.8. The number of rotatable bonds is 3. The predicted octanol–water partition coefficient (Wildman–Crippen LogP) is 1.62. The van der Waals surface area contributed by atoms with E-state index in [1.165, 1.54) is 11.5 Å². The lowest BCUT2D eigenvalue weighted by molar-refractivity contribution is 0.416. The van der Waals surface area contributed by atoms with Crippen molar-refractivity contribution in [1.29, 1.82) is 0 Å². The first-order valence-electron chi connectivity index (χ1n) is 6.31. The van der Waals surface area contributed by atoms with E-state index in [4.69, 9.17) is 4.74 Å². The first kappa shape index (κ1) is 12.4. The normalized spacial score (nSPS) is 15.5. The molecule has 100 valence electrons. The van der Waals surface area contributed by atoms with E-state index in [1.807, 2.05) is 24.3 Å². The Bertz CT molecular complexity index is 551. The van der Waals surface area contributed by atoms with E-state index in [0.29, 0.717) is 0 Å². The van der Waals surface area contributed by atoms with E-state index in [0.717, 1.165) is 48.4 Å². The molecule has 0 radical (unpaired) electrons. The fourth-order valence-electron chi connectivity index (χ4n) is 2.14. The number of piperazine rings is 1. The SMILES string of the molecule is COc1ccccc1-c1nc(N2CCNCC2)ns1.